The average Bonchev–Trinajstić information content (AvgIpc) is 2.37. The number of hydrogen-bond donors (Lipinski definition) is 2. The van der Waals surface area contributed by atoms with Crippen LogP contribution in [0, 0.1) is 0 Å². The number of nitrogens with two attached hydrogens (primary N) is 1. The molecule has 2 rings (SSSR count). The Balaban J connectivity index is 1.97. The molecular weight excluding hydrogens is 274 g/mol. The predicted octanol–water partition coefficient (Wildman–Crippen LogP) is 1.17. The van der Waals surface area contributed by atoms with Gasteiger partial charge in [0, 0.05) is 18.3 Å². The molecule has 1 aliphatic rings. The average molecular weight is 297 g/mol. The number of benzene rings is 1. The summed E-state index contributed by atoms with van der Waals surface area (Å²) in [7, 11) is -3.31. The number of rotatable bonds is 5. The molecule has 1 heterocycles. The molecule has 6 heteroatoms. The molecule has 20 heavy (non-hydrogen) atoms. The number of nitrogen functional groups attached to an aromatic ring is 1. The van der Waals surface area contributed by atoms with E-state index in [1.807, 2.05) is 0 Å². The van der Waals surface area contributed by atoms with E-state index in [1.165, 1.54) is 0 Å². The topological polar surface area (TPSA) is 75.4 Å². The van der Waals surface area contributed by atoms with Gasteiger partial charge in [-0.15, -0.1) is 0 Å². The number of likely N-dealkylation sites (N-methyl/N-ethyl adjacent to an activating group) is 1. The van der Waals surface area contributed by atoms with Crippen molar-refractivity contribution in [3.05, 3.63) is 29.8 Å². The Morgan fingerprint density at radius 1 is 1.45 bits per heavy atom. The van der Waals surface area contributed by atoms with Crippen LogP contribution in [-0.2, 0) is 15.8 Å². The third-order valence-corrected chi connectivity index (χ3v) is 5.01. The zero-order valence-electron chi connectivity index (χ0n) is 11.9. The fourth-order valence-electron chi connectivity index (χ4n) is 2.64. The Kier molecular flexibility index (Phi) is 5.01. The number of likely N-dealkylation sites (tertiary alicyclic amines) is 1. The van der Waals surface area contributed by atoms with Crippen LogP contribution in [0.2, 0.25) is 0 Å². The van der Waals surface area contributed by atoms with Crippen LogP contribution in [0.5, 0.6) is 0 Å². The van der Waals surface area contributed by atoms with Crippen LogP contribution >= 0.6 is 0 Å². The summed E-state index contributed by atoms with van der Waals surface area (Å²) >= 11 is 0. The maximum atomic E-state index is 12.2. The lowest BCUT2D eigenvalue weighted by Crippen LogP contribution is -2.47. The molecule has 3 N–H and O–H groups in total. The van der Waals surface area contributed by atoms with Crippen molar-refractivity contribution >= 4 is 15.7 Å². The molecule has 0 radical (unpaired) electrons. The van der Waals surface area contributed by atoms with Gasteiger partial charge < -0.3 is 10.6 Å². The molecule has 1 atom stereocenters. The number of hydrogen-bond acceptors (Lipinski definition) is 4. The number of sulfonamides is 1. The zero-order valence-corrected chi connectivity index (χ0v) is 12.7. The number of piperidine rings is 1. The highest BCUT2D eigenvalue weighted by atomic mass is 32.2. The smallest absolute Gasteiger partial charge is 0.216 e. The van der Waals surface area contributed by atoms with E-state index in [4.69, 9.17) is 5.73 Å². The minimum absolute atomic E-state index is 0.0132. The summed E-state index contributed by atoms with van der Waals surface area (Å²) in [6.45, 7) is 4.92. The lowest BCUT2D eigenvalue weighted by atomic mass is 10.1. The largest absolute Gasteiger partial charge is 0.399 e. The second-order valence-corrected chi connectivity index (χ2v) is 7.11. The van der Waals surface area contributed by atoms with Gasteiger partial charge >= 0.3 is 0 Å². The van der Waals surface area contributed by atoms with Crippen LogP contribution in [-0.4, -0.2) is 39.0 Å². The van der Waals surface area contributed by atoms with E-state index in [9.17, 15) is 8.42 Å². The highest BCUT2D eigenvalue weighted by Crippen LogP contribution is 2.13. The lowest BCUT2D eigenvalue weighted by molar-refractivity contribution is 0.211. The van der Waals surface area contributed by atoms with E-state index in [2.05, 4.69) is 16.5 Å². The van der Waals surface area contributed by atoms with Crippen molar-refractivity contribution < 1.29 is 8.42 Å². The minimum atomic E-state index is -3.31. The van der Waals surface area contributed by atoms with Gasteiger partial charge in [0.15, 0.2) is 0 Å². The first-order chi connectivity index (χ1) is 9.48. The number of anilines is 1. The molecule has 1 saturated heterocycles. The Bertz CT molecular complexity index is 545. The first-order valence-electron chi connectivity index (χ1n) is 7.05. The standard InChI is InChI=1S/C14H23N3O2S/c1-2-17-8-4-7-14(10-17)16-20(18,19)11-12-5-3-6-13(15)9-12/h3,5-6,9,14,16H,2,4,7-8,10-11,15H2,1H3. The highest BCUT2D eigenvalue weighted by Gasteiger charge is 2.23. The lowest BCUT2D eigenvalue weighted by Gasteiger charge is -2.32. The summed E-state index contributed by atoms with van der Waals surface area (Å²) in [5.41, 5.74) is 6.99. The van der Waals surface area contributed by atoms with Crippen molar-refractivity contribution in [1.82, 2.24) is 9.62 Å². The summed E-state index contributed by atoms with van der Waals surface area (Å²) in [6.07, 6.45) is 1.95. The quantitative estimate of drug-likeness (QED) is 0.800. The van der Waals surface area contributed by atoms with Gasteiger partial charge in [-0.2, -0.15) is 0 Å². The molecule has 1 aliphatic heterocycles. The van der Waals surface area contributed by atoms with Crippen molar-refractivity contribution in [3.8, 4) is 0 Å². The molecule has 1 fully saturated rings. The Labute approximate surface area is 121 Å². The first-order valence-corrected chi connectivity index (χ1v) is 8.70. The molecule has 0 amide bonds. The van der Waals surface area contributed by atoms with Gasteiger partial charge in [-0.05, 0) is 43.6 Å². The van der Waals surface area contributed by atoms with Crippen molar-refractivity contribution in [1.29, 1.82) is 0 Å². The molecule has 112 valence electrons. The maximum Gasteiger partial charge on any atom is 0.216 e. The fraction of sp³-hybridized carbons (Fsp3) is 0.571. The van der Waals surface area contributed by atoms with Gasteiger partial charge in [0.2, 0.25) is 10.0 Å². The van der Waals surface area contributed by atoms with Gasteiger partial charge in [-0.3, -0.25) is 0 Å². The van der Waals surface area contributed by atoms with Gasteiger partial charge in [0.25, 0.3) is 0 Å². The van der Waals surface area contributed by atoms with Crippen LogP contribution in [0.15, 0.2) is 24.3 Å². The third-order valence-electron chi connectivity index (χ3n) is 3.61. The van der Waals surface area contributed by atoms with Crippen molar-refractivity contribution in [3.63, 3.8) is 0 Å². The molecule has 0 bridgehead atoms. The van der Waals surface area contributed by atoms with Crippen LogP contribution in [0.3, 0.4) is 0 Å². The summed E-state index contributed by atoms with van der Waals surface area (Å²) in [4.78, 5) is 2.27. The summed E-state index contributed by atoms with van der Waals surface area (Å²) in [6, 6.07) is 7.05. The van der Waals surface area contributed by atoms with Gasteiger partial charge in [0.1, 0.15) is 0 Å². The van der Waals surface area contributed by atoms with Crippen LogP contribution in [0.25, 0.3) is 0 Å². The van der Waals surface area contributed by atoms with Gasteiger partial charge in [0.05, 0.1) is 5.75 Å². The molecule has 5 nitrogen and oxygen atoms in total. The molecule has 1 aromatic carbocycles. The van der Waals surface area contributed by atoms with E-state index in [1.54, 1.807) is 24.3 Å². The van der Waals surface area contributed by atoms with Gasteiger partial charge in [-0.1, -0.05) is 19.1 Å². The molecule has 0 aliphatic carbocycles. The maximum absolute atomic E-state index is 12.2. The van der Waals surface area contributed by atoms with E-state index in [-0.39, 0.29) is 11.8 Å². The highest BCUT2D eigenvalue weighted by molar-refractivity contribution is 7.88. The number of nitrogens with one attached hydrogen (secondary N) is 1. The molecule has 1 aromatic rings. The van der Waals surface area contributed by atoms with Crippen molar-refractivity contribution in [2.24, 2.45) is 0 Å². The number of nitrogens with zero attached hydrogens (tertiary/aromatic N) is 1. The van der Waals surface area contributed by atoms with E-state index in [0.717, 1.165) is 38.0 Å². The summed E-state index contributed by atoms with van der Waals surface area (Å²) in [5, 5.41) is 0. The monoisotopic (exact) mass is 297 g/mol. The van der Waals surface area contributed by atoms with Gasteiger partial charge in [-0.25, -0.2) is 13.1 Å². The molecule has 0 saturated carbocycles. The fourth-order valence-corrected chi connectivity index (χ4v) is 4.04. The van der Waals surface area contributed by atoms with Crippen molar-refractivity contribution in [2.75, 3.05) is 25.4 Å². The summed E-state index contributed by atoms with van der Waals surface area (Å²) in [5.74, 6) is -0.0132. The second kappa shape index (κ2) is 6.56. The molecule has 0 aromatic heterocycles. The van der Waals surface area contributed by atoms with E-state index in [0.29, 0.717) is 5.69 Å². The molecule has 1 unspecified atom stereocenters. The first kappa shape index (κ1) is 15.3. The van der Waals surface area contributed by atoms with Crippen LogP contribution in [0.1, 0.15) is 25.3 Å². The Morgan fingerprint density at radius 2 is 2.25 bits per heavy atom. The Morgan fingerprint density at radius 3 is 2.95 bits per heavy atom. The van der Waals surface area contributed by atoms with Crippen molar-refractivity contribution in [2.45, 2.75) is 31.6 Å². The zero-order chi connectivity index (χ0) is 14.6. The van der Waals surface area contributed by atoms with Crippen LogP contribution in [0.4, 0.5) is 5.69 Å². The van der Waals surface area contributed by atoms with Crippen LogP contribution < -0.4 is 10.5 Å². The van der Waals surface area contributed by atoms with E-state index >= 15 is 0 Å². The molecular formula is C14H23N3O2S. The Hall–Kier alpha value is -1.11. The van der Waals surface area contributed by atoms with E-state index < -0.39 is 10.0 Å². The second-order valence-electron chi connectivity index (χ2n) is 5.35. The SMILES string of the molecule is CCN1CCCC(NS(=O)(=O)Cc2cccc(N)c2)C1. The summed E-state index contributed by atoms with van der Waals surface area (Å²) < 4.78 is 27.2. The normalized spacial score (nSPS) is 20.9. The predicted molar refractivity (Wildman–Crippen MR) is 81.7 cm³/mol. The minimum Gasteiger partial charge on any atom is -0.399 e. The molecule has 0 spiro atoms. The third kappa shape index (κ3) is 4.47.